The Morgan fingerprint density at radius 2 is 2.00 bits per heavy atom. The van der Waals surface area contributed by atoms with Crippen molar-refractivity contribution in [3.63, 3.8) is 0 Å². The standard InChI is InChI=1S/C10H19Br/c1-2-4-9-5-3-6-10(11)8-7-9/h9-10H,2-8H2,1H3. The van der Waals surface area contributed by atoms with Crippen LogP contribution >= 0.6 is 15.9 Å². The van der Waals surface area contributed by atoms with Crippen molar-refractivity contribution in [2.75, 3.05) is 0 Å². The van der Waals surface area contributed by atoms with E-state index >= 15 is 0 Å². The molecule has 1 fully saturated rings. The second-order valence-electron chi connectivity index (χ2n) is 3.76. The Bertz CT molecular complexity index is 101. The van der Waals surface area contributed by atoms with Crippen LogP contribution in [0.1, 0.15) is 51.9 Å². The van der Waals surface area contributed by atoms with Crippen LogP contribution in [0.25, 0.3) is 0 Å². The fourth-order valence-electron chi connectivity index (χ4n) is 2.03. The minimum atomic E-state index is 0.823. The van der Waals surface area contributed by atoms with E-state index in [0.29, 0.717) is 0 Å². The Labute approximate surface area is 78.9 Å². The Balaban J connectivity index is 2.22. The number of hydrogen-bond acceptors (Lipinski definition) is 0. The number of hydrogen-bond donors (Lipinski definition) is 0. The zero-order valence-electron chi connectivity index (χ0n) is 7.48. The summed E-state index contributed by atoms with van der Waals surface area (Å²) in [5, 5.41) is 0. The van der Waals surface area contributed by atoms with Crippen LogP contribution in [0.5, 0.6) is 0 Å². The first kappa shape index (κ1) is 9.57. The van der Waals surface area contributed by atoms with E-state index in [4.69, 9.17) is 0 Å². The molecule has 1 aliphatic rings. The highest BCUT2D eigenvalue weighted by Crippen LogP contribution is 2.29. The molecule has 0 bridgehead atoms. The molecule has 0 aliphatic heterocycles. The average Bonchev–Trinajstić information content (AvgIpc) is 2.17. The van der Waals surface area contributed by atoms with Crippen molar-refractivity contribution in [1.82, 2.24) is 0 Å². The lowest BCUT2D eigenvalue weighted by Crippen LogP contribution is -1.98. The van der Waals surface area contributed by atoms with Crippen molar-refractivity contribution in [3.8, 4) is 0 Å². The first-order chi connectivity index (χ1) is 5.33. The highest BCUT2D eigenvalue weighted by Gasteiger charge is 2.15. The van der Waals surface area contributed by atoms with Gasteiger partial charge in [-0.15, -0.1) is 0 Å². The molecule has 0 saturated heterocycles. The predicted molar refractivity (Wildman–Crippen MR) is 54.2 cm³/mol. The molecule has 66 valence electrons. The van der Waals surface area contributed by atoms with E-state index in [1.165, 1.54) is 44.9 Å². The number of rotatable bonds is 2. The van der Waals surface area contributed by atoms with Gasteiger partial charge in [-0.1, -0.05) is 48.5 Å². The van der Waals surface area contributed by atoms with Crippen molar-refractivity contribution in [1.29, 1.82) is 0 Å². The van der Waals surface area contributed by atoms with Crippen LogP contribution in [-0.2, 0) is 0 Å². The van der Waals surface area contributed by atoms with Crippen molar-refractivity contribution in [2.45, 2.75) is 56.7 Å². The fourth-order valence-corrected chi connectivity index (χ4v) is 2.62. The predicted octanol–water partition coefficient (Wildman–Crippen LogP) is 4.13. The largest absolute Gasteiger partial charge is 0.0891 e. The third kappa shape index (κ3) is 3.59. The number of alkyl halides is 1. The van der Waals surface area contributed by atoms with E-state index in [-0.39, 0.29) is 0 Å². The minimum Gasteiger partial charge on any atom is -0.0891 e. The molecule has 11 heavy (non-hydrogen) atoms. The smallest absolute Gasteiger partial charge is 0.0145 e. The Hall–Kier alpha value is 0.480. The second kappa shape index (κ2) is 5.18. The molecule has 2 unspecified atom stereocenters. The van der Waals surface area contributed by atoms with Crippen LogP contribution in [0, 0.1) is 5.92 Å². The summed E-state index contributed by atoms with van der Waals surface area (Å²) < 4.78 is 0. The highest BCUT2D eigenvalue weighted by atomic mass is 79.9. The van der Waals surface area contributed by atoms with Gasteiger partial charge in [0, 0.05) is 4.83 Å². The summed E-state index contributed by atoms with van der Waals surface area (Å²) in [5.41, 5.74) is 0. The van der Waals surface area contributed by atoms with Gasteiger partial charge in [-0.3, -0.25) is 0 Å². The quantitative estimate of drug-likeness (QED) is 0.483. The first-order valence-electron chi connectivity index (χ1n) is 4.97. The molecule has 2 atom stereocenters. The molecule has 0 radical (unpaired) electrons. The second-order valence-corrected chi connectivity index (χ2v) is 5.06. The highest BCUT2D eigenvalue weighted by molar-refractivity contribution is 9.09. The Morgan fingerprint density at radius 3 is 2.73 bits per heavy atom. The van der Waals surface area contributed by atoms with Gasteiger partial charge in [0.05, 0.1) is 0 Å². The van der Waals surface area contributed by atoms with Gasteiger partial charge in [0.25, 0.3) is 0 Å². The molecule has 0 aromatic carbocycles. The SMILES string of the molecule is CCCC1CCCC(Br)CC1. The topological polar surface area (TPSA) is 0 Å². The van der Waals surface area contributed by atoms with Crippen molar-refractivity contribution < 1.29 is 0 Å². The van der Waals surface area contributed by atoms with Gasteiger partial charge in [0.2, 0.25) is 0 Å². The zero-order chi connectivity index (χ0) is 8.10. The molecule has 1 saturated carbocycles. The molecule has 1 rings (SSSR count). The monoisotopic (exact) mass is 218 g/mol. The molecule has 1 aliphatic carbocycles. The van der Waals surface area contributed by atoms with Crippen LogP contribution in [0.4, 0.5) is 0 Å². The van der Waals surface area contributed by atoms with Crippen LogP contribution in [0.2, 0.25) is 0 Å². The fraction of sp³-hybridized carbons (Fsp3) is 1.00. The number of halogens is 1. The van der Waals surface area contributed by atoms with Crippen molar-refractivity contribution >= 4 is 15.9 Å². The lowest BCUT2D eigenvalue weighted by atomic mass is 9.96. The van der Waals surface area contributed by atoms with Gasteiger partial charge >= 0.3 is 0 Å². The van der Waals surface area contributed by atoms with E-state index in [1.807, 2.05) is 0 Å². The Morgan fingerprint density at radius 1 is 1.18 bits per heavy atom. The van der Waals surface area contributed by atoms with E-state index in [9.17, 15) is 0 Å². The molecule has 0 heterocycles. The third-order valence-electron chi connectivity index (χ3n) is 2.71. The van der Waals surface area contributed by atoms with Crippen LogP contribution in [0.3, 0.4) is 0 Å². The van der Waals surface area contributed by atoms with Gasteiger partial charge in [0.1, 0.15) is 0 Å². The van der Waals surface area contributed by atoms with E-state index in [0.717, 1.165) is 10.7 Å². The lowest BCUT2D eigenvalue weighted by molar-refractivity contribution is 0.424. The molecular formula is C10H19Br. The van der Waals surface area contributed by atoms with Crippen LogP contribution < -0.4 is 0 Å². The first-order valence-corrected chi connectivity index (χ1v) is 5.88. The maximum atomic E-state index is 3.72. The molecule has 1 heteroatoms. The average molecular weight is 219 g/mol. The van der Waals surface area contributed by atoms with Gasteiger partial charge in [-0.2, -0.15) is 0 Å². The molecule has 0 N–H and O–H groups in total. The van der Waals surface area contributed by atoms with Gasteiger partial charge < -0.3 is 0 Å². The summed E-state index contributed by atoms with van der Waals surface area (Å²) in [5.74, 6) is 1.04. The lowest BCUT2D eigenvalue weighted by Gasteiger charge is -2.11. The molecule has 0 amide bonds. The van der Waals surface area contributed by atoms with E-state index in [1.54, 1.807) is 0 Å². The molecule has 0 spiro atoms. The van der Waals surface area contributed by atoms with E-state index < -0.39 is 0 Å². The minimum absolute atomic E-state index is 0.823. The molecular weight excluding hydrogens is 200 g/mol. The van der Waals surface area contributed by atoms with Gasteiger partial charge in [-0.25, -0.2) is 0 Å². The summed E-state index contributed by atoms with van der Waals surface area (Å²) >= 11 is 3.72. The van der Waals surface area contributed by atoms with Gasteiger partial charge in [0.15, 0.2) is 0 Å². The zero-order valence-corrected chi connectivity index (χ0v) is 9.07. The normalized spacial score (nSPS) is 33.3. The van der Waals surface area contributed by atoms with Gasteiger partial charge in [-0.05, 0) is 25.2 Å². The summed E-state index contributed by atoms with van der Waals surface area (Å²) in [6.07, 6.45) is 10.0. The maximum Gasteiger partial charge on any atom is 0.0145 e. The Kier molecular flexibility index (Phi) is 4.51. The molecule has 0 aromatic rings. The maximum absolute atomic E-state index is 3.72. The van der Waals surface area contributed by atoms with Crippen LogP contribution in [0.15, 0.2) is 0 Å². The third-order valence-corrected chi connectivity index (χ3v) is 3.63. The van der Waals surface area contributed by atoms with Crippen molar-refractivity contribution in [2.24, 2.45) is 5.92 Å². The summed E-state index contributed by atoms with van der Waals surface area (Å²) in [6, 6.07) is 0. The van der Waals surface area contributed by atoms with Crippen LogP contribution in [-0.4, -0.2) is 4.83 Å². The summed E-state index contributed by atoms with van der Waals surface area (Å²) in [6.45, 7) is 2.30. The van der Waals surface area contributed by atoms with Crippen molar-refractivity contribution in [3.05, 3.63) is 0 Å². The molecule has 0 aromatic heterocycles. The van der Waals surface area contributed by atoms with E-state index in [2.05, 4.69) is 22.9 Å². The molecule has 0 nitrogen and oxygen atoms in total. The summed E-state index contributed by atoms with van der Waals surface area (Å²) in [7, 11) is 0. The summed E-state index contributed by atoms with van der Waals surface area (Å²) in [4.78, 5) is 0.823.